The van der Waals surface area contributed by atoms with Gasteiger partial charge in [0.15, 0.2) is 6.73 Å². The molecule has 0 atom stereocenters. The van der Waals surface area contributed by atoms with Crippen molar-refractivity contribution >= 4 is 29.1 Å². The summed E-state index contributed by atoms with van der Waals surface area (Å²) in [6.07, 6.45) is 1.61. The molecule has 1 saturated heterocycles. The van der Waals surface area contributed by atoms with E-state index in [1.807, 2.05) is 35.2 Å². The van der Waals surface area contributed by atoms with E-state index in [1.54, 1.807) is 29.1 Å². The van der Waals surface area contributed by atoms with Gasteiger partial charge >= 0.3 is 0 Å². The third-order valence-electron chi connectivity index (χ3n) is 5.07. The van der Waals surface area contributed by atoms with Gasteiger partial charge in [-0.05, 0) is 35.9 Å². The average Bonchev–Trinajstić information content (AvgIpc) is 3.22. The predicted molar refractivity (Wildman–Crippen MR) is 117 cm³/mol. The van der Waals surface area contributed by atoms with Gasteiger partial charge in [0, 0.05) is 43.9 Å². The number of aromatic nitrogens is 2. The van der Waals surface area contributed by atoms with E-state index >= 15 is 0 Å². The van der Waals surface area contributed by atoms with E-state index in [1.165, 1.54) is 5.56 Å². The molecule has 0 unspecified atom stereocenters. The summed E-state index contributed by atoms with van der Waals surface area (Å²) in [4.78, 5) is 17.2. The van der Waals surface area contributed by atoms with Gasteiger partial charge in [0.25, 0.3) is 5.91 Å². The van der Waals surface area contributed by atoms with Crippen LogP contribution in [0.5, 0.6) is 5.75 Å². The van der Waals surface area contributed by atoms with Crippen LogP contribution in [0.4, 0.5) is 0 Å². The molecule has 30 heavy (non-hydrogen) atoms. The zero-order chi connectivity index (χ0) is 20.9. The van der Waals surface area contributed by atoms with Crippen LogP contribution in [0.15, 0.2) is 60.8 Å². The van der Waals surface area contributed by atoms with Crippen molar-refractivity contribution in [2.75, 3.05) is 26.2 Å². The molecule has 8 heteroatoms. The number of hydrogen-bond acceptors (Lipinski definition) is 4. The number of para-hydroxylation sites is 1. The van der Waals surface area contributed by atoms with Crippen molar-refractivity contribution in [1.82, 2.24) is 19.6 Å². The highest BCUT2D eigenvalue weighted by atomic mass is 35.5. The summed E-state index contributed by atoms with van der Waals surface area (Å²) in [5, 5.41) is 5.50. The third-order valence-corrected chi connectivity index (χ3v) is 5.62. The summed E-state index contributed by atoms with van der Waals surface area (Å²) in [6, 6.07) is 16.8. The van der Waals surface area contributed by atoms with Gasteiger partial charge in [0.2, 0.25) is 0 Å². The van der Waals surface area contributed by atoms with Gasteiger partial charge in [-0.25, -0.2) is 4.68 Å². The van der Waals surface area contributed by atoms with Gasteiger partial charge in [-0.2, -0.15) is 5.10 Å². The molecule has 1 aromatic heterocycles. The number of amides is 1. The molecule has 3 aromatic rings. The maximum absolute atomic E-state index is 13.0. The minimum Gasteiger partial charge on any atom is -0.470 e. The number of nitrogens with zero attached hydrogens (tertiary/aromatic N) is 4. The standard InChI is InChI=1S/C22H22Cl2N4O2/c23-18-5-3-4-17(14-18)15-26-10-12-27(13-11-26)22(29)20-8-9-25-28(20)16-30-21-7-2-1-6-19(21)24/h1-9,14H,10-13,15-16H2. The normalized spacial score (nSPS) is 14.7. The largest absolute Gasteiger partial charge is 0.470 e. The Hall–Kier alpha value is -2.54. The van der Waals surface area contributed by atoms with Gasteiger partial charge in [0.1, 0.15) is 11.4 Å². The molecular formula is C22H22Cl2N4O2. The number of carbonyl (C=O) groups is 1. The number of ether oxygens (including phenoxy) is 1. The molecule has 1 amide bonds. The minimum atomic E-state index is -0.0438. The number of hydrogen-bond donors (Lipinski definition) is 0. The van der Waals surface area contributed by atoms with Crippen LogP contribution in [-0.2, 0) is 13.3 Å². The zero-order valence-electron chi connectivity index (χ0n) is 16.4. The maximum atomic E-state index is 13.0. The first-order valence-corrected chi connectivity index (χ1v) is 10.5. The monoisotopic (exact) mass is 444 g/mol. The Morgan fingerprint density at radius 1 is 1.00 bits per heavy atom. The maximum Gasteiger partial charge on any atom is 0.272 e. The Bertz CT molecular complexity index is 1020. The van der Waals surface area contributed by atoms with Crippen LogP contribution in [0.25, 0.3) is 0 Å². The zero-order valence-corrected chi connectivity index (χ0v) is 17.9. The number of carbonyl (C=O) groups excluding carboxylic acids is 1. The second-order valence-corrected chi connectivity index (χ2v) is 7.96. The van der Waals surface area contributed by atoms with Crippen LogP contribution >= 0.6 is 23.2 Å². The summed E-state index contributed by atoms with van der Waals surface area (Å²) in [6.45, 7) is 3.88. The Morgan fingerprint density at radius 3 is 2.57 bits per heavy atom. The summed E-state index contributed by atoms with van der Waals surface area (Å²) in [7, 11) is 0. The van der Waals surface area contributed by atoms with Crippen LogP contribution in [0.1, 0.15) is 16.1 Å². The molecule has 2 heterocycles. The first kappa shape index (κ1) is 20.7. The molecule has 0 aliphatic carbocycles. The summed E-state index contributed by atoms with van der Waals surface area (Å²) >= 11 is 12.2. The van der Waals surface area contributed by atoms with Crippen LogP contribution in [0.3, 0.4) is 0 Å². The minimum absolute atomic E-state index is 0.0438. The van der Waals surface area contributed by atoms with Crippen LogP contribution < -0.4 is 4.74 Å². The van der Waals surface area contributed by atoms with Crippen LogP contribution in [0.2, 0.25) is 10.0 Å². The lowest BCUT2D eigenvalue weighted by molar-refractivity contribution is 0.0607. The Balaban J connectivity index is 1.33. The van der Waals surface area contributed by atoms with Crippen molar-refractivity contribution in [3.8, 4) is 5.75 Å². The average molecular weight is 445 g/mol. The predicted octanol–water partition coefficient (Wildman–Crippen LogP) is 4.18. The lowest BCUT2D eigenvalue weighted by Gasteiger charge is -2.34. The Kier molecular flexibility index (Phi) is 6.57. The summed E-state index contributed by atoms with van der Waals surface area (Å²) in [5.74, 6) is 0.514. The van der Waals surface area contributed by atoms with Crippen molar-refractivity contribution in [1.29, 1.82) is 0 Å². The first-order chi connectivity index (χ1) is 14.6. The fourth-order valence-electron chi connectivity index (χ4n) is 3.47. The second kappa shape index (κ2) is 9.51. The highest BCUT2D eigenvalue weighted by Gasteiger charge is 2.24. The van der Waals surface area contributed by atoms with Gasteiger partial charge in [-0.15, -0.1) is 0 Å². The van der Waals surface area contributed by atoms with Crippen molar-refractivity contribution in [3.05, 3.63) is 82.1 Å². The topological polar surface area (TPSA) is 50.6 Å². The van der Waals surface area contributed by atoms with E-state index in [0.717, 1.165) is 24.7 Å². The molecule has 4 rings (SSSR count). The van der Waals surface area contributed by atoms with Crippen molar-refractivity contribution in [3.63, 3.8) is 0 Å². The van der Waals surface area contributed by atoms with Crippen LogP contribution in [0, 0.1) is 0 Å². The highest BCUT2D eigenvalue weighted by Crippen LogP contribution is 2.23. The second-order valence-electron chi connectivity index (χ2n) is 7.12. The molecule has 1 aliphatic rings. The molecule has 0 saturated carbocycles. The number of piperazine rings is 1. The molecule has 0 N–H and O–H groups in total. The molecule has 2 aromatic carbocycles. The lowest BCUT2D eigenvalue weighted by atomic mass is 10.2. The number of benzene rings is 2. The smallest absolute Gasteiger partial charge is 0.272 e. The van der Waals surface area contributed by atoms with Gasteiger partial charge in [-0.1, -0.05) is 47.5 Å². The molecule has 0 radical (unpaired) electrons. The van der Waals surface area contributed by atoms with E-state index in [0.29, 0.717) is 29.6 Å². The Labute approximate surface area is 185 Å². The lowest BCUT2D eigenvalue weighted by Crippen LogP contribution is -2.48. The summed E-state index contributed by atoms with van der Waals surface area (Å²) < 4.78 is 7.29. The molecular weight excluding hydrogens is 423 g/mol. The number of halogens is 2. The Morgan fingerprint density at radius 2 is 1.80 bits per heavy atom. The molecule has 0 spiro atoms. The van der Waals surface area contributed by atoms with E-state index in [-0.39, 0.29) is 12.6 Å². The third kappa shape index (κ3) is 4.95. The highest BCUT2D eigenvalue weighted by molar-refractivity contribution is 6.32. The van der Waals surface area contributed by atoms with Crippen molar-refractivity contribution in [2.45, 2.75) is 13.3 Å². The van der Waals surface area contributed by atoms with E-state index < -0.39 is 0 Å². The van der Waals surface area contributed by atoms with Gasteiger partial charge in [0.05, 0.1) is 5.02 Å². The summed E-state index contributed by atoms with van der Waals surface area (Å²) in [5.41, 5.74) is 1.68. The van der Waals surface area contributed by atoms with E-state index in [4.69, 9.17) is 27.9 Å². The number of rotatable bonds is 6. The molecule has 156 valence electrons. The van der Waals surface area contributed by atoms with Crippen molar-refractivity contribution < 1.29 is 9.53 Å². The van der Waals surface area contributed by atoms with Crippen LogP contribution in [-0.4, -0.2) is 51.7 Å². The molecule has 6 nitrogen and oxygen atoms in total. The van der Waals surface area contributed by atoms with E-state index in [9.17, 15) is 4.79 Å². The molecule has 0 bridgehead atoms. The van der Waals surface area contributed by atoms with Gasteiger partial charge in [-0.3, -0.25) is 9.69 Å². The quantitative estimate of drug-likeness (QED) is 0.571. The first-order valence-electron chi connectivity index (χ1n) is 9.75. The van der Waals surface area contributed by atoms with E-state index in [2.05, 4.69) is 16.1 Å². The molecule has 1 fully saturated rings. The van der Waals surface area contributed by atoms with Crippen molar-refractivity contribution in [2.24, 2.45) is 0 Å². The fourth-order valence-corrected chi connectivity index (χ4v) is 3.88. The molecule has 1 aliphatic heterocycles. The SMILES string of the molecule is O=C(c1ccnn1COc1ccccc1Cl)N1CCN(Cc2cccc(Cl)c2)CC1. The fraction of sp³-hybridized carbons (Fsp3) is 0.273. The van der Waals surface area contributed by atoms with Gasteiger partial charge < -0.3 is 9.64 Å².